The maximum atomic E-state index is 12.9. The van der Waals surface area contributed by atoms with Gasteiger partial charge in [0.25, 0.3) is 11.5 Å². The normalized spacial score (nSPS) is 10.8. The molecule has 1 amide bonds. The highest BCUT2D eigenvalue weighted by Gasteiger charge is 2.20. The number of aryl methyl sites for hydroxylation is 2. The van der Waals surface area contributed by atoms with Crippen molar-refractivity contribution in [1.82, 2.24) is 9.88 Å². The number of hydrogen-bond donors (Lipinski definition) is 1. The topological polar surface area (TPSA) is 69.6 Å². The molecule has 142 valence electrons. The van der Waals surface area contributed by atoms with Gasteiger partial charge in [0.15, 0.2) is 0 Å². The minimum absolute atomic E-state index is 0.133. The zero-order valence-corrected chi connectivity index (χ0v) is 16.6. The Balaban J connectivity index is 1.91. The van der Waals surface area contributed by atoms with Gasteiger partial charge in [0.1, 0.15) is 11.5 Å². The van der Waals surface area contributed by atoms with Crippen LogP contribution in [0.3, 0.4) is 0 Å². The monoisotopic (exact) mass is 386 g/mol. The van der Waals surface area contributed by atoms with Crippen LogP contribution >= 0.6 is 11.3 Å². The number of methoxy groups -OCH3 is 2. The number of ether oxygens (including phenoxy) is 2. The van der Waals surface area contributed by atoms with Crippen LogP contribution in [0, 0.1) is 6.92 Å². The van der Waals surface area contributed by atoms with Crippen molar-refractivity contribution in [2.45, 2.75) is 26.9 Å². The van der Waals surface area contributed by atoms with E-state index in [1.807, 2.05) is 32.0 Å². The van der Waals surface area contributed by atoms with E-state index in [-0.39, 0.29) is 18.0 Å². The van der Waals surface area contributed by atoms with E-state index < -0.39 is 0 Å². The van der Waals surface area contributed by atoms with E-state index in [4.69, 9.17) is 9.47 Å². The van der Waals surface area contributed by atoms with Gasteiger partial charge in [0, 0.05) is 40.5 Å². The van der Waals surface area contributed by atoms with E-state index in [2.05, 4.69) is 5.32 Å². The second-order valence-corrected chi connectivity index (χ2v) is 7.30. The molecule has 0 atom stereocenters. The van der Waals surface area contributed by atoms with E-state index in [1.165, 1.54) is 11.3 Å². The fraction of sp³-hybridized carbons (Fsp3) is 0.300. The van der Waals surface area contributed by atoms with Crippen molar-refractivity contribution >= 4 is 27.3 Å². The Morgan fingerprint density at radius 1 is 1.22 bits per heavy atom. The summed E-state index contributed by atoms with van der Waals surface area (Å²) in [6.45, 7) is 4.62. The molecule has 0 fully saturated rings. The van der Waals surface area contributed by atoms with Crippen molar-refractivity contribution in [3.05, 3.63) is 56.8 Å². The smallest absolute Gasteiger partial charge is 0.260 e. The summed E-state index contributed by atoms with van der Waals surface area (Å²) in [5.74, 6) is 1.05. The number of amides is 1. The lowest BCUT2D eigenvalue weighted by atomic mass is 10.1. The summed E-state index contributed by atoms with van der Waals surface area (Å²) in [7, 11) is 3.16. The molecule has 0 unspecified atom stereocenters. The van der Waals surface area contributed by atoms with Crippen LogP contribution in [0.15, 0.2) is 35.3 Å². The molecule has 0 saturated heterocycles. The largest absolute Gasteiger partial charge is 0.497 e. The van der Waals surface area contributed by atoms with E-state index in [9.17, 15) is 9.59 Å². The summed E-state index contributed by atoms with van der Waals surface area (Å²) in [6.07, 6.45) is 1.77. The first-order valence-corrected chi connectivity index (χ1v) is 9.43. The zero-order chi connectivity index (χ0) is 19.6. The molecule has 0 aliphatic rings. The number of hydrogen-bond acceptors (Lipinski definition) is 5. The second kappa shape index (κ2) is 7.84. The van der Waals surface area contributed by atoms with Crippen LogP contribution in [0.2, 0.25) is 0 Å². The van der Waals surface area contributed by atoms with Crippen LogP contribution in [0.1, 0.15) is 27.7 Å². The lowest BCUT2D eigenvalue weighted by molar-refractivity contribution is 0.0952. The molecule has 2 heterocycles. The SMILES string of the molecule is CCn1ccc2sc(C)c(C(=O)NCc3ccc(OC)cc3OC)c2c1=O. The van der Waals surface area contributed by atoms with Gasteiger partial charge in [-0.2, -0.15) is 0 Å². The summed E-state index contributed by atoms with van der Waals surface area (Å²) >= 11 is 1.46. The van der Waals surface area contributed by atoms with E-state index in [0.29, 0.717) is 29.0 Å². The summed E-state index contributed by atoms with van der Waals surface area (Å²) in [6, 6.07) is 7.32. The number of benzene rings is 1. The highest BCUT2D eigenvalue weighted by atomic mass is 32.1. The molecular weight excluding hydrogens is 364 g/mol. The van der Waals surface area contributed by atoms with Gasteiger partial charge < -0.3 is 19.4 Å². The predicted molar refractivity (Wildman–Crippen MR) is 107 cm³/mol. The lowest BCUT2D eigenvalue weighted by Crippen LogP contribution is -2.26. The van der Waals surface area contributed by atoms with Crippen molar-refractivity contribution in [1.29, 1.82) is 0 Å². The Morgan fingerprint density at radius 3 is 2.67 bits per heavy atom. The van der Waals surface area contributed by atoms with Crippen LogP contribution in [0.4, 0.5) is 0 Å². The number of carbonyl (C=O) groups is 1. The van der Waals surface area contributed by atoms with Crippen molar-refractivity contribution in [3.8, 4) is 11.5 Å². The van der Waals surface area contributed by atoms with E-state index in [1.54, 1.807) is 31.0 Å². The quantitative estimate of drug-likeness (QED) is 0.705. The maximum Gasteiger partial charge on any atom is 0.260 e. The third-order valence-corrected chi connectivity index (χ3v) is 5.56. The van der Waals surface area contributed by atoms with Crippen molar-refractivity contribution in [2.75, 3.05) is 14.2 Å². The molecule has 27 heavy (non-hydrogen) atoms. The molecular formula is C20H22N2O4S. The zero-order valence-electron chi connectivity index (χ0n) is 15.8. The van der Waals surface area contributed by atoms with Crippen molar-refractivity contribution in [2.24, 2.45) is 0 Å². The third kappa shape index (κ3) is 3.55. The van der Waals surface area contributed by atoms with Crippen LogP contribution in [-0.2, 0) is 13.1 Å². The Morgan fingerprint density at radius 2 is 2.00 bits per heavy atom. The van der Waals surface area contributed by atoms with Gasteiger partial charge in [0.05, 0.1) is 25.2 Å². The fourth-order valence-electron chi connectivity index (χ4n) is 3.05. The number of fused-ring (bicyclic) bond motifs is 1. The van der Waals surface area contributed by atoms with Crippen LogP contribution in [0.5, 0.6) is 11.5 Å². The van der Waals surface area contributed by atoms with Gasteiger partial charge in [-0.25, -0.2) is 0 Å². The van der Waals surface area contributed by atoms with Crippen LogP contribution < -0.4 is 20.3 Å². The maximum absolute atomic E-state index is 12.9. The number of thiophene rings is 1. The minimum Gasteiger partial charge on any atom is -0.497 e. The summed E-state index contributed by atoms with van der Waals surface area (Å²) in [5, 5.41) is 3.40. The standard InChI is InChI=1S/C20H22N2O4S/c1-5-22-9-8-16-18(20(22)24)17(12(2)27-16)19(23)21-11-13-6-7-14(25-3)10-15(13)26-4/h6-10H,5,11H2,1-4H3,(H,21,23). The first-order chi connectivity index (χ1) is 13.0. The summed E-state index contributed by atoms with van der Waals surface area (Å²) in [4.78, 5) is 26.4. The van der Waals surface area contributed by atoms with Gasteiger partial charge in [0.2, 0.25) is 0 Å². The number of carbonyl (C=O) groups excluding carboxylic acids is 1. The molecule has 1 aromatic carbocycles. The molecule has 0 bridgehead atoms. The van der Waals surface area contributed by atoms with Gasteiger partial charge in [-0.3, -0.25) is 9.59 Å². The van der Waals surface area contributed by atoms with Gasteiger partial charge in [-0.1, -0.05) is 0 Å². The van der Waals surface area contributed by atoms with Crippen LogP contribution in [-0.4, -0.2) is 24.7 Å². The molecule has 2 aromatic heterocycles. The number of nitrogens with one attached hydrogen (secondary N) is 1. The minimum atomic E-state index is -0.262. The van der Waals surface area contributed by atoms with Gasteiger partial charge in [-0.05, 0) is 32.0 Å². The molecule has 3 aromatic rings. The molecule has 3 rings (SSSR count). The molecule has 0 saturated carbocycles. The molecule has 0 spiro atoms. The Kier molecular flexibility index (Phi) is 5.51. The average molecular weight is 386 g/mol. The molecule has 0 aliphatic carbocycles. The predicted octanol–water partition coefficient (Wildman–Crippen LogP) is 3.34. The number of aromatic nitrogens is 1. The molecule has 0 radical (unpaired) electrons. The summed E-state index contributed by atoms with van der Waals surface area (Å²) < 4.78 is 13.0. The van der Waals surface area contributed by atoms with E-state index in [0.717, 1.165) is 15.1 Å². The Hall–Kier alpha value is -2.80. The molecule has 0 aliphatic heterocycles. The highest BCUT2D eigenvalue weighted by molar-refractivity contribution is 7.19. The molecule has 7 heteroatoms. The van der Waals surface area contributed by atoms with Crippen molar-refractivity contribution < 1.29 is 14.3 Å². The molecule has 1 N–H and O–H groups in total. The van der Waals surface area contributed by atoms with Gasteiger partial charge >= 0.3 is 0 Å². The Bertz CT molecular complexity index is 1050. The first kappa shape index (κ1) is 19.0. The van der Waals surface area contributed by atoms with Gasteiger partial charge in [-0.15, -0.1) is 11.3 Å². The number of pyridine rings is 1. The Labute approximate surface area is 161 Å². The average Bonchev–Trinajstić information content (AvgIpc) is 3.03. The molecule has 6 nitrogen and oxygen atoms in total. The van der Waals surface area contributed by atoms with E-state index >= 15 is 0 Å². The van der Waals surface area contributed by atoms with Crippen LogP contribution in [0.25, 0.3) is 10.1 Å². The lowest BCUT2D eigenvalue weighted by Gasteiger charge is -2.11. The second-order valence-electron chi connectivity index (χ2n) is 6.04. The van der Waals surface area contributed by atoms with Crippen molar-refractivity contribution in [3.63, 3.8) is 0 Å². The number of rotatable bonds is 6. The first-order valence-electron chi connectivity index (χ1n) is 8.61. The highest BCUT2D eigenvalue weighted by Crippen LogP contribution is 2.29. The number of nitrogens with zero attached hydrogens (tertiary/aromatic N) is 1. The fourth-order valence-corrected chi connectivity index (χ4v) is 4.10. The third-order valence-electron chi connectivity index (χ3n) is 4.49. The summed E-state index contributed by atoms with van der Waals surface area (Å²) in [5.41, 5.74) is 1.15.